The molecule has 2 unspecified atom stereocenters. The van der Waals surface area contributed by atoms with E-state index >= 15 is 0 Å². The Hall–Kier alpha value is -4.33. The van der Waals surface area contributed by atoms with Gasteiger partial charge in [-0.15, -0.1) is 0 Å². The van der Waals surface area contributed by atoms with E-state index in [0.29, 0.717) is 28.1 Å². The Morgan fingerprint density at radius 3 is 2.12 bits per heavy atom. The normalized spacial score (nSPS) is 16.6. The minimum absolute atomic E-state index is 0.0229. The van der Waals surface area contributed by atoms with Crippen LogP contribution < -0.4 is 16.0 Å². The van der Waals surface area contributed by atoms with E-state index in [0.717, 1.165) is 0 Å². The smallest absolute Gasteiger partial charge is 0.323 e. The van der Waals surface area contributed by atoms with Gasteiger partial charge in [-0.1, -0.05) is 30.3 Å². The minimum atomic E-state index is -1.05. The van der Waals surface area contributed by atoms with Crippen LogP contribution in [0.2, 0.25) is 0 Å². The summed E-state index contributed by atoms with van der Waals surface area (Å²) >= 11 is 0. The van der Waals surface area contributed by atoms with Crippen molar-refractivity contribution in [3.63, 3.8) is 0 Å². The number of urea groups is 1. The Labute approximate surface area is 183 Å². The Morgan fingerprint density at radius 2 is 1.47 bits per heavy atom. The molecule has 8 heteroatoms. The summed E-state index contributed by atoms with van der Waals surface area (Å²) in [7, 11) is 0. The molecule has 8 nitrogen and oxygen atoms in total. The molecule has 32 heavy (non-hydrogen) atoms. The van der Waals surface area contributed by atoms with Crippen LogP contribution in [-0.4, -0.2) is 28.1 Å². The van der Waals surface area contributed by atoms with Crippen LogP contribution in [0.5, 0.6) is 5.75 Å². The van der Waals surface area contributed by atoms with Crippen molar-refractivity contribution < 1.29 is 24.6 Å². The number of benzene rings is 3. The number of carbonyl (C=O) groups is 3. The van der Waals surface area contributed by atoms with E-state index < -0.39 is 29.9 Å². The predicted octanol–water partition coefficient (Wildman–Crippen LogP) is 3.76. The molecule has 0 saturated heterocycles. The molecule has 0 radical (unpaired) electrons. The number of phenols is 1. The maximum absolute atomic E-state index is 12.8. The van der Waals surface area contributed by atoms with Gasteiger partial charge in [0, 0.05) is 22.5 Å². The second kappa shape index (κ2) is 8.81. The summed E-state index contributed by atoms with van der Waals surface area (Å²) in [4.78, 5) is 36.6. The first kappa shape index (κ1) is 20.9. The fraction of sp³-hybridized carbons (Fsp3) is 0.125. The molecule has 3 aromatic carbocycles. The van der Waals surface area contributed by atoms with Crippen LogP contribution >= 0.6 is 0 Å². The van der Waals surface area contributed by atoms with Gasteiger partial charge in [0.2, 0.25) is 0 Å². The van der Waals surface area contributed by atoms with Crippen LogP contribution in [0.1, 0.15) is 27.5 Å². The predicted molar refractivity (Wildman–Crippen MR) is 119 cm³/mol. The summed E-state index contributed by atoms with van der Waals surface area (Å²) in [6.07, 6.45) is 0.141. The number of fused-ring (bicyclic) bond motifs is 1. The monoisotopic (exact) mass is 431 g/mol. The maximum Gasteiger partial charge on any atom is 0.323 e. The first-order chi connectivity index (χ1) is 15.4. The molecule has 0 heterocycles. The highest BCUT2D eigenvalue weighted by Crippen LogP contribution is 2.40. The highest BCUT2D eigenvalue weighted by Gasteiger charge is 2.39. The zero-order valence-electron chi connectivity index (χ0n) is 16.9. The number of hydrogen-bond donors (Lipinski definition) is 5. The molecule has 1 aliphatic rings. The molecule has 0 fully saturated rings. The van der Waals surface area contributed by atoms with Gasteiger partial charge in [-0.2, -0.15) is 0 Å². The lowest BCUT2D eigenvalue weighted by Gasteiger charge is -2.19. The van der Waals surface area contributed by atoms with Crippen LogP contribution in [0.25, 0.3) is 0 Å². The second-order valence-electron chi connectivity index (χ2n) is 7.47. The standard InChI is InChI=1S/C24H21N3O5/c28-20-8-4-7-17-18(20)13-19(23(30)31)21(17)27-22(29)14-9-11-16(12-10-14)26-24(32)25-15-5-2-1-3-6-15/h1-12,19,21,28H,13H2,(H,27,29)(H,30,31)(H2,25,26,32). The van der Waals surface area contributed by atoms with Gasteiger partial charge < -0.3 is 26.2 Å². The van der Waals surface area contributed by atoms with E-state index in [1.54, 1.807) is 48.5 Å². The van der Waals surface area contributed by atoms with Gasteiger partial charge in [0.25, 0.3) is 5.91 Å². The van der Waals surface area contributed by atoms with Crippen molar-refractivity contribution in [2.75, 3.05) is 10.6 Å². The molecule has 3 aromatic rings. The summed E-state index contributed by atoms with van der Waals surface area (Å²) in [6, 6.07) is 18.9. The highest BCUT2D eigenvalue weighted by molar-refractivity contribution is 6.00. The summed E-state index contributed by atoms with van der Waals surface area (Å²) in [5, 5.41) is 27.8. The molecule has 2 atom stereocenters. The highest BCUT2D eigenvalue weighted by atomic mass is 16.4. The van der Waals surface area contributed by atoms with Gasteiger partial charge in [0.15, 0.2) is 0 Å². The number of para-hydroxylation sites is 1. The maximum atomic E-state index is 12.8. The largest absolute Gasteiger partial charge is 0.508 e. The molecule has 162 valence electrons. The number of hydrogen-bond acceptors (Lipinski definition) is 4. The number of amides is 3. The summed E-state index contributed by atoms with van der Waals surface area (Å²) in [5.41, 5.74) is 2.60. The van der Waals surface area contributed by atoms with E-state index in [9.17, 15) is 24.6 Å². The molecular weight excluding hydrogens is 410 g/mol. The van der Waals surface area contributed by atoms with Gasteiger partial charge in [-0.3, -0.25) is 9.59 Å². The lowest BCUT2D eigenvalue weighted by molar-refractivity contribution is -0.142. The molecule has 0 aliphatic heterocycles. The van der Waals surface area contributed by atoms with Crippen molar-refractivity contribution in [3.8, 4) is 5.75 Å². The fourth-order valence-electron chi connectivity index (χ4n) is 3.81. The van der Waals surface area contributed by atoms with Crippen molar-refractivity contribution in [1.29, 1.82) is 0 Å². The van der Waals surface area contributed by atoms with Crippen molar-refractivity contribution >= 4 is 29.3 Å². The van der Waals surface area contributed by atoms with E-state index in [-0.39, 0.29) is 12.2 Å². The van der Waals surface area contributed by atoms with Crippen LogP contribution in [0.4, 0.5) is 16.2 Å². The average molecular weight is 431 g/mol. The first-order valence-electron chi connectivity index (χ1n) is 10.00. The molecule has 5 N–H and O–H groups in total. The summed E-state index contributed by atoms with van der Waals surface area (Å²) in [6.45, 7) is 0. The van der Waals surface area contributed by atoms with Gasteiger partial charge in [0.05, 0.1) is 12.0 Å². The third-order valence-electron chi connectivity index (χ3n) is 5.39. The van der Waals surface area contributed by atoms with Crippen LogP contribution in [-0.2, 0) is 11.2 Å². The van der Waals surface area contributed by atoms with Gasteiger partial charge in [-0.25, -0.2) is 4.79 Å². The molecular formula is C24H21N3O5. The zero-order valence-corrected chi connectivity index (χ0v) is 16.9. The van der Waals surface area contributed by atoms with E-state index in [4.69, 9.17) is 0 Å². The van der Waals surface area contributed by atoms with Crippen molar-refractivity contribution in [2.45, 2.75) is 12.5 Å². The Bertz CT molecular complexity index is 1160. The molecule has 0 spiro atoms. The molecule has 1 aliphatic carbocycles. The average Bonchev–Trinajstić information content (AvgIpc) is 3.15. The van der Waals surface area contributed by atoms with Gasteiger partial charge >= 0.3 is 12.0 Å². The summed E-state index contributed by atoms with van der Waals surface area (Å²) in [5.74, 6) is -2.34. The lowest BCUT2D eigenvalue weighted by atomic mass is 10.00. The van der Waals surface area contributed by atoms with E-state index in [2.05, 4.69) is 16.0 Å². The zero-order chi connectivity index (χ0) is 22.7. The van der Waals surface area contributed by atoms with Gasteiger partial charge in [0.1, 0.15) is 5.75 Å². The van der Waals surface area contributed by atoms with Gasteiger partial charge in [-0.05, 0) is 54.4 Å². The molecule has 0 saturated carbocycles. The Morgan fingerprint density at radius 1 is 0.812 bits per heavy atom. The number of carbonyl (C=O) groups excluding carboxylic acids is 2. The minimum Gasteiger partial charge on any atom is -0.508 e. The van der Waals surface area contributed by atoms with Crippen LogP contribution in [0.3, 0.4) is 0 Å². The number of nitrogens with one attached hydrogen (secondary N) is 3. The number of anilines is 2. The van der Waals surface area contributed by atoms with Crippen molar-refractivity contribution in [2.24, 2.45) is 5.92 Å². The number of rotatable bonds is 5. The quantitative estimate of drug-likeness (QED) is 0.420. The number of phenolic OH excluding ortho intramolecular Hbond substituents is 1. The number of carboxylic acids is 1. The number of carboxylic acid groups (broad SMARTS) is 1. The summed E-state index contributed by atoms with van der Waals surface area (Å²) < 4.78 is 0. The van der Waals surface area contributed by atoms with Crippen LogP contribution in [0, 0.1) is 5.92 Å². The van der Waals surface area contributed by atoms with Crippen LogP contribution in [0.15, 0.2) is 72.8 Å². The van der Waals surface area contributed by atoms with Crippen molar-refractivity contribution in [3.05, 3.63) is 89.5 Å². The number of aliphatic carboxylic acids is 1. The molecule has 3 amide bonds. The fourth-order valence-corrected chi connectivity index (χ4v) is 3.81. The third kappa shape index (κ3) is 4.39. The van der Waals surface area contributed by atoms with E-state index in [1.807, 2.05) is 18.2 Å². The topological polar surface area (TPSA) is 128 Å². The van der Waals surface area contributed by atoms with Crippen molar-refractivity contribution in [1.82, 2.24) is 5.32 Å². The Kier molecular flexibility index (Phi) is 5.76. The lowest BCUT2D eigenvalue weighted by Crippen LogP contribution is -2.34. The van der Waals surface area contributed by atoms with E-state index in [1.165, 1.54) is 6.07 Å². The SMILES string of the molecule is O=C(Nc1ccccc1)Nc1ccc(C(=O)NC2c3cccc(O)c3CC2C(=O)O)cc1. The second-order valence-corrected chi connectivity index (χ2v) is 7.47. The molecule has 0 bridgehead atoms. The molecule has 0 aromatic heterocycles. The first-order valence-corrected chi connectivity index (χ1v) is 10.00. The third-order valence-corrected chi connectivity index (χ3v) is 5.39. The molecule has 4 rings (SSSR count). The Balaban J connectivity index is 1.43. The number of aromatic hydroxyl groups is 1.